The van der Waals surface area contributed by atoms with Crippen molar-refractivity contribution >= 4 is 18.4 Å². The van der Waals surface area contributed by atoms with Crippen LogP contribution in [0.3, 0.4) is 0 Å². The van der Waals surface area contributed by atoms with E-state index in [1.54, 1.807) is 0 Å². The fourth-order valence-electron chi connectivity index (χ4n) is 3.09. The molecule has 0 atom stereocenters. The second kappa shape index (κ2) is 6.50. The van der Waals surface area contributed by atoms with E-state index in [2.05, 4.69) is 0 Å². The molecule has 0 bridgehead atoms. The van der Waals surface area contributed by atoms with Crippen molar-refractivity contribution in [2.75, 3.05) is 13.2 Å². The number of ketones is 1. The average Bonchev–Trinajstić information content (AvgIpc) is 2.98. The van der Waals surface area contributed by atoms with Crippen molar-refractivity contribution in [2.45, 2.75) is 19.4 Å². The number of Topliss-reactive ketones (excluding diaryl/α,β-unsaturated/α-hetero) is 1. The zero-order valence-corrected chi connectivity index (χ0v) is 13.5. The van der Waals surface area contributed by atoms with E-state index in [1.807, 2.05) is 18.2 Å². The van der Waals surface area contributed by atoms with E-state index in [1.165, 1.54) is 12.1 Å². The Morgan fingerprint density at radius 2 is 1.96 bits per heavy atom. The Kier molecular flexibility index (Phi) is 4.19. The highest BCUT2D eigenvalue weighted by Gasteiger charge is 2.29. The summed E-state index contributed by atoms with van der Waals surface area (Å²) < 4.78 is 30.2. The van der Waals surface area contributed by atoms with Gasteiger partial charge in [0.15, 0.2) is 17.3 Å². The fraction of sp³-hybridized carbons (Fsp3) is 0.278. The molecule has 25 heavy (non-hydrogen) atoms. The second-order valence-corrected chi connectivity index (χ2v) is 6.10. The van der Waals surface area contributed by atoms with Crippen molar-refractivity contribution in [2.24, 2.45) is 0 Å². The van der Waals surface area contributed by atoms with E-state index in [0.717, 1.165) is 5.56 Å². The normalized spacial score (nSPS) is 15.2. The summed E-state index contributed by atoms with van der Waals surface area (Å²) in [6.45, 7) is 1.18. The van der Waals surface area contributed by atoms with Gasteiger partial charge in [-0.25, -0.2) is 4.39 Å². The topological polar surface area (TPSA) is 65.0 Å². The van der Waals surface area contributed by atoms with Crippen LogP contribution in [0.5, 0.6) is 11.5 Å². The molecule has 1 N–H and O–H groups in total. The van der Waals surface area contributed by atoms with Crippen LogP contribution >= 0.6 is 0 Å². The molecule has 0 unspecified atom stereocenters. The minimum atomic E-state index is -1.10. The van der Waals surface area contributed by atoms with E-state index in [-0.39, 0.29) is 24.4 Å². The zero-order valence-electron chi connectivity index (χ0n) is 13.5. The predicted octanol–water partition coefficient (Wildman–Crippen LogP) is 1.63. The van der Waals surface area contributed by atoms with Crippen LogP contribution in [-0.4, -0.2) is 31.1 Å². The molecule has 0 aromatic heterocycles. The summed E-state index contributed by atoms with van der Waals surface area (Å²) in [4.78, 5) is 12.4. The summed E-state index contributed by atoms with van der Waals surface area (Å²) in [5, 5.41) is 9.72. The lowest BCUT2D eigenvalue weighted by Crippen LogP contribution is -2.29. The standard InChI is InChI=1S/C18H16BFO5/c20-15-8-12-10-25-19(22)14(12)9-13(15)16(21)3-1-11-2-4-17-18(7-11)24-6-5-23-17/h2,4,7-9,22H,1,3,5-6,10H2. The highest BCUT2D eigenvalue weighted by Crippen LogP contribution is 2.31. The third-order valence-electron chi connectivity index (χ3n) is 4.44. The Morgan fingerprint density at radius 3 is 2.80 bits per heavy atom. The van der Waals surface area contributed by atoms with E-state index >= 15 is 0 Å². The van der Waals surface area contributed by atoms with Gasteiger partial charge in [-0.15, -0.1) is 0 Å². The first kappa shape index (κ1) is 16.1. The Hall–Kier alpha value is -2.38. The van der Waals surface area contributed by atoms with Gasteiger partial charge in [0.05, 0.1) is 12.2 Å². The predicted molar refractivity (Wildman–Crippen MR) is 88.9 cm³/mol. The number of carbonyl (C=O) groups excluding carboxylic acids is 1. The maximum Gasteiger partial charge on any atom is 0.491 e. The minimum Gasteiger partial charge on any atom is -0.486 e. The number of aryl methyl sites for hydroxylation is 1. The summed E-state index contributed by atoms with van der Waals surface area (Å²) >= 11 is 0. The quantitative estimate of drug-likeness (QED) is 0.676. The molecular formula is C18H16BFO5. The molecule has 0 fully saturated rings. The molecule has 2 aliphatic rings. The van der Waals surface area contributed by atoms with Gasteiger partial charge >= 0.3 is 7.12 Å². The maximum absolute atomic E-state index is 14.2. The van der Waals surface area contributed by atoms with Crippen LogP contribution < -0.4 is 14.9 Å². The SMILES string of the molecule is O=C(CCc1ccc2c(c1)OCCO2)c1cc2c(cc1F)COB2O. The van der Waals surface area contributed by atoms with Gasteiger partial charge in [0, 0.05) is 6.42 Å². The molecule has 7 heteroatoms. The lowest BCUT2D eigenvalue weighted by Gasteiger charge is -2.18. The van der Waals surface area contributed by atoms with E-state index in [9.17, 15) is 14.2 Å². The first-order chi connectivity index (χ1) is 12.1. The second-order valence-electron chi connectivity index (χ2n) is 6.10. The lowest BCUT2D eigenvalue weighted by molar-refractivity contribution is 0.0979. The molecule has 4 rings (SSSR count). The van der Waals surface area contributed by atoms with Crippen molar-refractivity contribution in [3.63, 3.8) is 0 Å². The monoisotopic (exact) mass is 342 g/mol. The Morgan fingerprint density at radius 1 is 1.16 bits per heavy atom. The lowest BCUT2D eigenvalue weighted by atomic mass is 9.78. The molecule has 0 spiro atoms. The van der Waals surface area contributed by atoms with Crippen LogP contribution in [0.25, 0.3) is 0 Å². The highest BCUT2D eigenvalue weighted by atomic mass is 19.1. The van der Waals surface area contributed by atoms with Gasteiger partial charge in [-0.3, -0.25) is 4.79 Å². The molecule has 0 saturated carbocycles. The molecule has 2 heterocycles. The van der Waals surface area contributed by atoms with Gasteiger partial charge in [0.25, 0.3) is 0 Å². The maximum atomic E-state index is 14.2. The molecule has 5 nitrogen and oxygen atoms in total. The van der Waals surface area contributed by atoms with E-state index < -0.39 is 12.9 Å². The van der Waals surface area contributed by atoms with Crippen LogP contribution in [0, 0.1) is 5.82 Å². The third kappa shape index (κ3) is 3.13. The first-order valence-corrected chi connectivity index (χ1v) is 8.15. The number of rotatable bonds is 4. The number of ether oxygens (including phenoxy) is 2. The Bertz CT molecular complexity index is 838. The molecule has 0 radical (unpaired) electrons. The summed E-state index contributed by atoms with van der Waals surface area (Å²) in [6.07, 6.45) is 0.622. The van der Waals surface area contributed by atoms with Crippen molar-refractivity contribution in [3.05, 3.63) is 52.8 Å². The van der Waals surface area contributed by atoms with E-state index in [4.69, 9.17) is 14.1 Å². The number of fused-ring (bicyclic) bond motifs is 2. The summed E-state index contributed by atoms with van der Waals surface area (Å²) in [5.41, 5.74) is 1.95. The Balaban J connectivity index is 1.48. The number of hydrogen-bond acceptors (Lipinski definition) is 5. The number of carbonyl (C=O) groups is 1. The minimum absolute atomic E-state index is 0.0131. The van der Waals surface area contributed by atoms with Crippen LogP contribution in [0.4, 0.5) is 4.39 Å². The molecular weight excluding hydrogens is 326 g/mol. The van der Waals surface area contributed by atoms with Crippen molar-refractivity contribution in [1.29, 1.82) is 0 Å². The summed E-state index contributed by atoms with van der Waals surface area (Å²) in [7, 11) is -1.10. The number of benzene rings is 2. The van der Waals surface area contributed by atoms with Crippen molar-refractivity contribution in [3.8, 4) is 11.5 Å². The average molecular weight is 342 g/mol. The van der Waals surface area contributed by atoms with Crippen LogP contribution in [0.2, 0.25) is 0 Å². The molecule has 0 aliphatic carbocycles. The molecule has 2 aromatic rings. The largest absolute Gasteiger partial charge is 0.491 e. The third-order valence-corrected chi connectivity index (χ3v) is 4.44. The molecule has 0 amide bonds. The van der Waals surface area contributed by atoms with Crippen molar-refractivity contribution < 1.29 is 28.3 Å². The van der Waals surface area contributed by atoms with Gasteiger partial charge in [-0.1, -0.05) is 6.07 Å². The Labute approximate surface area is 144 Å². The first-order valence-electron chi connectivity index (χ1n) is 8.15. The van der Waals surface area contributed by atoms with Crippen molar-refractivity contribution in [1.82, 2.24) is 0 Å². The molecule has 0 saturated heterocycles. The summed E-state index contributed by atoms with van der Waals surface area (Å²) in [6, 6.07) is 8.20. The van der Waals surface area contributed by atoms with Gasteiger partial charge in [-0.2, -0.15) is 0 Å². The van der Waals surface area contributed by atoms with E-state index in [0.29, 0.717) is 42.2 Å². The van der Waals surface area contributed by atoms with Gasteiger partial charge < -0.3 is 19.2 Å². The van der Waals surface area contributed by atoms with Gasteiger partial charge in [-0.05, 0) is 47.3 Å². The fourth-order valence-corrected chi connectivity index (χ4v) is 3.09. The van der Waals surface area contributed by atoms with Gasteiger partial charge in [0.1, 0.15) is 19.0 Å². The van der Waals surface area contributed by atoms with Crippen LogP contribution in [0.15, 0.2) is 30.3 Å². The summed E-state index contributed by atoms with van der Waals surface area (Å²) in [5.74, 6) is 0.470. The smallest absolute Gasteiger partial charge is 0.486 e. The van der Waals surface area contributed by atoms with Crippen LogP contribution in [-0.2, 0) is 17.7 Å². The number of hydrogen-bond donors (Lipinski definition) is 1. The molecule has 2 aromatic carbocycles. The zero-order chi connectivity index (χ0) is 17.4. The highest BCUT2D eigenvalue weighted by molar-refractivity contribution is 6.61. The van der Waals surface area contributed by atoms with Crippen LogP contribution in [0.1, 0.15) is 27.9 Å². The molecule has 128 valence electrons. The van der Waals surface area contributed by atoms with Gasteiger partial charge in [0.2, 0.25) is 0 Å². The number of halogens is 1. The molecule has 2 aliphatic heterocycles.